The fourth-order valence-electron chi connectivity index (χ4n) is 0.943. The van der Waals surface area contributed by atoms with Crippen molar-refractivity contribution in [2.75, 3.05) is 13.3 Å². The Morgan fingerprint density at radius 3 is 2.09 bits per heavy atom. The summed E-state index contributed by atoms with van der Waals surface area (Å²) in [7, 11) is 0. The third kappa shape index (κ3) is 4.38. The van der Waals surface area contributed by atoms with Crippen molar-refractivity contribution in [1.82, 2.24) is 4.90 Å². The van der Waals surface area contributed by atoms with Crippen LogP contribution in [0.25, 0.3) is 0 Å². The van der Waals surface area contributed by atoms with Gasteiger partial charge in [0.15, 0.2) is 0 Å². The molecule has 2 nitrogen and oxygen atoms in total. The zero-order valence-corrected chi connectivity index (χ0v) is 8.18. The maximum absolute atomic E-state index is 10.7. The highest BCUT2D eigenvalue weighted by Crippen LogP contribution is 2.12. The highest BCUT2D eigenvalue weighted by Gasteiger charge is 2.19. The Morgan fingerprint density at radius 1 is 1.27 bits per heavy atom. The molecule has 0 N–H and O–H groups in total. The molecule has 0 aliphatic heterocycles. The predicted molar refractivity (Wildman–Crippen MR) is 46.9 cm³/mol. The molecule has 2 heteroatoms. The van der Waals surface area contributed by atoms with Gasteiger partial charge in [-0.2, -0.15) is 0 Å². The van der Waals surface area contributed by atoms with Crippen LogP contribution in [0.15, 0.2) is 0 Å². The molecule has 0 aliphatic carbocycles. The Bertz CT molecular complexity index is 96.2. The van der Waals surface area contributed by atoms with E-state index in [-0.39, 0.29) is 12.3 Å². The van der Waals surface area contributed by atoms with Crippen LogP contribution in [0.1, 0.15) is 40.5 Å². The molecule has 0 saturated heterocycles. The zero-order chi connectivity index (χ0) is 8.91. The van der Waals surface area contributed by atoms with Gasteiger partial charge in [-0.3, -0.25) is 4.90 Å². The fourth-order valence-corrected chi connectivity index (χ4v) is 0.943. The van der Waals surface area contributed by atoms with Crippen LogP contribution in [0.5, 0.6) is 0 Å². The highest BCUT2D eigenvalue weighted by molar-refractivity contribution is 4.73. The monoisotopic (exact) mass is 158 g/mol. The van der Waals surface area contributed by atoms with Gasteiger partial charge in [-0.15, -0.1) is 0 Å². The van der Waals surface area contributed by atoms with Gasteiger partial charge >= 0.3 is 0 Å². The van der Waals surface area contributed by atoms with Crippen molar-refractivity contribution in [3.05, 3.63) is 0 Å². The summed E-state index contributed by atoms with van der Waals surface area (Å²) in [5.41, 5.74) is 0.0386. The van der Waals surface area contributed by atoms with Crippen LogP contribution in [0.3, 0.4) is 0 Å². The molecule has 0 atom stereocenters. The smallest absolute Gasteiger partial charge is 0.136 e. The minimum atomic E-state index is -0.0799. The van der Waals surface area contributed by atoms with Crippen LogP contribution in [0, 0.1) is 0 Å². The van der Waals surface area contributed by atoms with Crippen molar-refractivity contribution >= 4 is 0 Å². The van der Waals surface area contributed by atoms with E-state index < -0.39 is 0 Å². The average molecular weight is 158 g/mol. The molecule has 0 amide bonds. The molecule has 0 bridgehead atoms. The van der Waals surface area contributed by atoms with Crippen molar-refractivity contribution in [2.45, 2.75) is 46.1 Å². The quantitative estimate of drug-likeness (QED) is 0.576. The first-order chi connectivity index (χ1) is 5.02. The molecule has 0 spiro atoms. The predicted octanol–water partition coefficient (Wildman–Crippen LogP) is 2.28. The molecule has 0 aliphatic rings. The first-order valence-electron chi connectivity index (χ1n) is 4.35. The number of unbranched alkanes of at least 4 members (excludes halogenated alkanes) is 1. The SMILES string of the molecule is CCCCN(C[O])C(C)(C)C. The molecule has 11 heavy (non-hydrogen) atoms. The van der Waals surface area contributed by atoms with Crippen LogP contribution >= 0.6 is 0 Å². The van der Waals surface area contributed by atoms with E-state index in [1.165, 1.54) is 0 Å². The largest absolute Gasteiger partial charge is 0.273 e. The van der Waals surface area contributed by atoms with Gasteiger partial charge in [0.1, 0.15) is 6.73 Å². The molecule has 0 heterocycles. The second-order valence-electron chi connectivity index (χ2n) is 3.92. The normalized spacial score (nSPS) is 12.5. The molecule has 0 aromatic carbocycles. The summed E-state index contributed by atoms with van der Waals surface area (Å²) >= 11 is 0. The fraction of sp³-hybridized carbons (Fsp3) is 1.00. The number of hydrogen-bond acceptors (Lipinski definition) is 1. The summed E-state index contributed by atoms with van der Waals surface area (Å²) in [5.74, 6) is 0. The van der Waals surface area contributed by atoms with Gasteiger partial charge in [-0.25, -0.2) is 5.11 Å². The van der Waals surface area contributed by atoms with Crippen molar-refractivity contribution in [1.29, 1.82) is 0 Å². The lowest BCUT2D eigenvalue weighted by molar-refractivity contribution is -0.00625. The topological polar surface area (TPSA) is 23.1 Å². The third-order valence-electron chi connectivity index (χ3n) is 1.89. The van der Waals surface area contributed by atoms with Gasteiger partial charge in [0, 0.05) is 12.1 Å². The molecular weight excluding hydrogens is 138 g/mol. The molecule has 0 rings (SSSR count). The average Bonchev–Trinajstić information content (AvgIpc) is 1.87. The van der Waals surface area contributed by atoms with E-state index in [2.05, 4.69) is 27.7 Å². The Hall–Kier alpha value is -0.0800. The molecule has 0 aromatic heterocycles. The zero-order valence-electron chi connectivity index (χ0n) is 8.18. The Morgan fingerprint density at radius 2 is 1.82 bits per heavy atom. The molecule has 0 aromatic rings. The van der Waals surface area contributed by atoms with Crippen molar-refractivity contribution in [3.8, 4) is 0 Å². The Kier molecular flexibility index (Phi) is 4.69. The molecule has 1 radical (unpaired) electrons. The first kappa shape index (κ1) is 10.9. The third-order valence-corrected chi connectivity index (χ3v) is 1.89. The van der Waals surface area contributed by atoms with Gasteiger partial charge in [-0.1, -0.05) is 13.3 Å². The van der Waals surface area contributed by atoms with Crippen LogP contribution in [-0.2, 0) is 5.11 Å². The number of nitrogens with zero attached hydrogens (tertiary/aromatic N) is 1. The van der Waals surface area contributed by atoms with Crippen LogP contribution in [0.4, 0.5) is 0 Å². The van der Waals surface area contributed by atoms with E-state index in [9.17, 15) is 5.11 Å². The summed E-state index contributed by atoms with van der Waals surface area (Å²) in [4.78, 5) is 1.97. The van der Waals surface area contributed by atoms with Crippen LogP contribution < -0.4 is 0 Å². The molecule has 0 saturated carbocycles. The highest BCUT2D eigenvalue weighted by atomic mass is 16.3. The lowest BCUT2D eigenvalue weighted by Gasteiger charge is -2.32. The van der Waals surface area contributed by atoms with Crippen molar-refractivity contribution in [3.63, 3.8) is 0 Å². The van der Waals surface area contributed by atoms with E-state index in [1.54, 1.807) is 0 Å². The van der Waals surface area contributed by atoms with E-state index in [1.807, 2.05) is 4.90 Å². The van der Waals surface area contributed by atoms with E-state index >= 15 is 0 Å². The summed E-state index contributed by atoms with van der Waals surface area (Å²) < 4.78 is 0. The van der Waals surface area contributed by atoms with Crippen LogP contribution in [-0.4, -0.2) is 23.7 Å². The first-order valence-corrected chi connectivity index (χ1v) is 4.35. The summed E-state index contributed by atoms with van der Waals surface area (Å²) in [5, 5.41) is 10.7. The summed E-state index contributed by atoms with van der Waals surface area (Å²) in [6.45, 7) is 9.25. The minimum absolute atomic E-state index is 0.0386. The summed E-state index contributed by atoms with van der Waals surface area (Å²) in [6, 6.07) is 0. The Balaban J connectivity index is 3.76. The van der Waals surface area contributed by atoms with Gasteiger partial charge < -0.3 is 0 Å². The molecule has 0 unspecified atom stereocenters. The van der Waals surface area contributed by atoms with Gasteiger partial charge in [0.25, 0.3) is 0 Å². The maximum Gasteiger partial charge on any atom is 0.136 e. The lowest BCUT2D eigenvalue weighted by Crippen LogP contribution is -2.42. The van der Waals surface area contributed by atoms with E-state index in [4.69, 9.17) is 0 Å². The van der Waals surface area contributed by atoms with Gasteiger partial charge in [0.05, 0.1) is 0 Å². The lowest BCUT2D eigenvalue weighted by atomic mass is 10.1. The standard InChI is InChI=1S/C9H20NO/c1-5-6-7-10(8-11)9(2,3)4/h5-8H2,1-4H3. The second-order valence-corrected chi connectivity index (χ2v) is 3.92. The molecule has 0 fully saturated rings. The number of rotatable bonds is 4. The van der Waals surface area contributed by atoms with E-state index in [0.717, 1.165) is 19.4 Å². The second kappa shape index (κ2) is 4.73. The molecular formula is C9H20NO. The van der Waals surface area contributed by atoms with Gasteiger partial charge in [0.2, 0.25) is 0 Å². The number of hydrogen-bond donors (Lipinski definition) is 0. The minimum Gasteiger partial charge on any atom is -0.273 e. The Labute approximate surface area is 70.2 Å². The molecule has 67 valence electrons. The van der Waals surface area contributed by atoms with E-state index in [0.29, 0.717) is 0 Å². The maximum atomic E-state index is 10.7. The summed E-state index contributed by atoms with van der Waals surface area (Å²) in [6.07, 6.45) is 2.28. The van der Waals surface area contributed by atoms with Crippen molar-refractivity contribution in [2.24, 2.45) is 0 Å². The van der Waals surface area contributed by atoms with Crippen molar-refractivity contribution < 1.29 is 5.11 Å². The van der Waals surface area contributed by atoms with Gasteiger partial charge in [-0.05, 0) is 27.2 Å². The van der Waals surface area contributed by atoms with Crippen LogP contribution in [0.2, 0.25) is 0 Å².